The Hall–Kier alpha value is -0.830. The lowest BCUT2D eigenvalue weighted by Gasteiger charge is -2.15. The Labute approximate surface area is 78.7 Å². The van der Waals surface area contributed by atoms with Gasteiger partial charge in [-0.05, 0) is 32.3 Å². The number of ether oxygens (including phenoxy) is 2. The van der Waals surface area contributed by atoms with Crippen LogP contribution >= 0.6 is 0 Å². The highest BCUT2D eigenvalue weighted by molar-refractivity contribution is 5.67. The summed E-state index contributed by atoms with van der Waals surface area (Å²) in [6.45, 7) is 6.04. The molecule has 0 N–H and O–H groups in total. The third-order valence-electron chi connectivity index (χ3n) is 1.97. The van der Waals surface area contributed by atoms with E-state index < -0.39 is 0 Å². The summed E-state index contributed by atoms with van der Waals surface area (Å²) in [6, 6.07) is 0. The topological polar surface area (TPSA) is 35.5 Å². The molecule has 0 aromatic rings. The molecule has 1 rings (SSSR count). The minimum atomic E-state index is -0.272. The number of carbonyl (C=O) groups excluding carboxylic acids is 1. The zero-order valence-corrected chi connectivity index (χ0v) is 8.42. The monoisotopic (exact) mass is 184 g/mol. The van der Waals surface area contributed by atoms with E-state index in [2.05, 4.69) is 0 Å². The molecular formula is C10H16O3. The van der Waals surface area contributed by atoms with Gasteiger partial charge in [-0.25, -0.2) is 0 Å². The van der Waals surface area contributed by atoms with E-state index in [1.807, 2.05) is 13.8 Å². The van der Waals surface area contributed by atoms with Gasteiger partial charge in [0.15, 0.2) is 0 Å². The van der Waals surface area contributed by atoms with Gasteiger partial charge in [0, 0.05) is 13.5 Å². The summed E-state index contributed by atoms with van der Waals surface area (Å²) in [7, 11) is 0. The maximum absolute atomic E-state index is 10.8. The van der Waals surface area contributed by atoms with Gasteiger partial charge in [-0.2, -0.15) is 0 Å². The third-order valence-corrected chi connectivity index (χ3v) is 1.97. The summed E-state index contributed by atoms with van der Waals surface area (Å²) in [6.07, 6.45) is 1.99. The molecule has 13 heavy (non-hydrogen) atoms. The van der Waals surface area contributed by atoms with Crippen LogP contribution in [0, 0.1) is 0 Å². The van der Waals surface area contributed by atoms with Crippen LogP contribution in [0.5, 0.6) is 0 Å². The van der Waals surface area contributed by atoms with Crippen molar-refractivity contribution in [3.63, 3.8) is 0 Å². The van der Waals surface area contributed by atoms with E-state index in [4.69, 9.17) is 9.47 Å². The molecule has 1 fully saturated rings. The van der Waals surface area contributed by atoms with Crippen molar-refractivity contribution in [3.8, 4) is 0 Å². The van der Waals surface area contributed by atoms with E-state index in [1.54, 1.807) is 0 Å². The molecule has 0 amide bonds. The summed E-state index contributed by atoms with van der Waals surface area (Å²) < 4.78 is 10.6. The first kappa shape index (κ1) is 10.3. The summed E-state index contributed by atoms with van der Waals surface area (Å²) in [5.74, 6) is 0.428. The lowest BCUT2D eigenvalue weighted by Crippen LogP contribution is -2.15. The summed E-state index contributed by atoms with van der Waals surface area (Å²) in [5, 5.41) is 0. The number of allylic oxidation sites excluding steroid dienone is 1. The lowest BCUT2D eigenvalue weighted by atomic mass is 10.1. The zero-order valence-electron chi connectivity index (χ0n) is 8.42. The fourth-order valence-electron chi connectivity index (χ4n) is 1.43. The Morgan fingerprint density at radius 2 is 2.08 bits per heavy atom. The predicted molar refractivity (Wildman–Crippen MR) is 49.1 cm³/mol. The van der Waals surface area contributed by atoms with Crippen LogP contribution in [0.3, 0.4) is 0 Å². The van der Waals surface area contributed by atoms with E-state index >= 15 is 0 Å². The molecule has 1 unspecified atom stereocenters. The van der Waals surface area contributed by atoms with Crippen LogP contribution in [-0.2, 0) is 14.3 Å². The number of rotatable bonds is 2. The van der Waals surface area contributed by atoms with Crippen molar-refractivity contribution in [3.05, 3.63) is 11.3 Å². The predicted octanol–water partition coefficient (Wildman–Crippen LogP) is 2.02. The molecule has 0 saturated carbocycles. The van der Waals surface area contributed by atoms with E-state index in [1.165, 1.54) is 6.92 Å². The number of esters is 1. The molecule has 3 nitrogen and oxygen atoms in total. The average Bonchev–Trinajstić information content (AvgIpc) is 2.50. The first-order valence-electron chi connectivity index (χ1n) is 4.58. The highest BCUT2D eigenvalue weighted by Crippen LogP contribution is 2.23. The quantitative estimate of drug-likeness (QED) is 0.486. The minimum absolute atomic E-state index is 0.00565. The van der Waals surface area contributed by atoms with Crippen LogP contribution in [0.15, 0.2) is 11.3 Å². The fraction of sp³-hybridized carbons (Fsp3) is 0.700. The lowest BCUT2D eigenvalue weighted by molar-refractivity contribution is -0.138. The molecule has 74 valence electrons. The van der Waals surface area contributed by atoms with Gasteiger partial charge in [0.25, 0.3) is 0 Å². The van der Waals surface area contributed by atoms with E-state index in [-0.39, 0.29) is 12.1 Å². The smallest absolute Gasteiger partial charge is 0.307 e. The molecule has 1 heterocycles. The summed E-state index contributed by atoms with van der Waals surface area (Å²) >= 11 is 0. The maximum atomic E-state index is 10.8. The minimum Gasteiger partial charge on any atom is -0.429 e. The molecule has 0 aromatic carbocycles. The van der Waals surface area contributed by atoms with Crippen LogP contribution in [0.25, 0.3) is 0 Å². The Morgan fingerprint density at radius 1 is 1.38 bits per heavy atom. The van der Waals surface area contributed by atoms with Crippen LogP contribution in [-0.4, -0.2) is 18.7 Å². The van der Waals surface area contributed by atoms with Gasteiger partial charge >= 0.3 is 5.97 Å². The molecule has 0 radical (unpaired) electrons. The Balaban J connectivity index is 2.68. The first-order chi connectivity index (χ1) is 6.11. The van der Waals surface area contributed by atoms with Gasteiger partial charge < -0.3 is 9.47 Å². The van der Waals surface area contributed by atoms with Crippen molar-refractivity contribution in [2.75, 3.05) is 6.61 Å². The molecule has 0 bridgehead atoms. The van der Waals surface area contributed by atoms with Gasteiger partial charge in [0.05, 0.1) is 0 Å². The van der Waals surface area contributed by atoms with Crippen LogP contribution in [0.2, 0.25) is 0 Å². The largest absolute Gasteiger partial charge is 0.429 e. The fourth-order valence-corrected chi connectivity index (χ4v) is 1.43. The van der Waals surface area contributed by atoms with Crippen molar-refractivity contribution in [1.82, 2.24) is 0 Å². The molecular weight excluding hydrogens is 168 g/mol. The van der Waals surface area contributed by atoms with E-state index in [0.29, 0.717) is 5.76 Å². The van der Waals surface area contributed by atoms with E-state index in [9.17, 15) is 4.79 Å². The van der Waals surface area contributed by atoms with Crippen molar-refractivity contribution < 1.29 is 14.3 Å². The van der Waals surface area contributed by atoms with Crippen molar-refractivity contribution in [1.29, 1.82) is 0 Å². The molecule has 1 saturated heterocycles. The molecule has 0 aromatic heterocycles. The Bertz CT molecular complexity index is 220. The van der Waals surface area contributed by atoms with Crippen molar-refractivity contribution in [2.24, 2.45) is 0 Å². The van der Waals surface area contributed by atoms with Crippen molar-refractivity contribution in [2.45, 2.75) is 39.7 Å². The standard InChI is InChI=1S/C10H16O3/c1-7(2)10(13-8(3)11)9-5-4-6-12-9/h9H,4-6H2,1-3H3. The second-order valence-corrected chi connectivity index (χ2v) is 3.46. The second kappa shape index (κ2) is 4.42. The van der Waals surface area contributed by atoms with Crippen LogP contribution in [0.4, 0.5) is 0 Å². The first-order valence-corrected chi connectivity index (χ1v) is 4.58. The molecule has 0 spiro atoms. The zero-order chi connectivity index (χ0) is 9.84. The summed E-state index contributed by atoms with van der Waals surface area (Å²) in [4.78, 5) is 10.8. The molecule has 0 aliphatic carbocycles. The van der Waals surface area contributed by atoms with Crippen LogP contribution in [0.1, 0.15) is 33.6 Å². The van der Waals surface area contributed by atoms with Gasteiger partial charge in [0.2, 0.25) is 0 Å². The average molecular weight is 184 g/mol. The summed E-state index contributed by atoms with van der Waals surface area (Å²) in [5.41, 5.74) is 1.02. The molecule has 1 aliphatic heterocycles. The van der Waals surface area contributed by atoms with E-state index in [0.717, 1.165) is 25.0 Å². The number of carbonyl (C=O) groups is 1. The normalized spacial score (nSPS) is 21.3. The molecule has 3 heteroatoms. The molecule has 1 aliphatic rings. The molecule has 1 atom stereocenters. The third kappa shape index (κ3) is 2.84. The second-order valence-electron chi connectivity index (χ2n) is 3.46. The Morgan fingerprint density at radius 3 is 2.46 bits per heavy atom. The highest BCUT2D eigenvalue weighted by atomic mass is 16.6. The number of hydrogen-bond donors (Lipinski definition) is 0. The highest BCUT2D eigenvalue weighted by Gasteiger charge is 2.23. The van der Waals surface area contributed by atoms with Crippen molar-refractivity contribution >= 4 is 5.97 Å². The SMILES string of the molecule is CC(=O)OC(=C(C)C)C1CCCO1. The van der Waals surface area contributed by atoms with Gasteiger partial charge in [-0.3, -0.25) is 4.79 Å². The van der Waals surface area contributed by atoms with Gasteiger partial charge in [-0.1, -0.05) is 0 Å². The van der Waals surface area contributed by atoms with Gasteiger partial charge in [-0.15, -0.1) is 0 Å². The maximum Gasteiger partial charge on any atom is 0.307 e. The van der Waals surface area contributed by atoms with Gasteiger partial charge in [0.1, 0.15) is 11.9 Å². The van der Waals surface area contributed by atoms with Crippen LogP contribution < -0.4 is 0 Å². The number of hydrogen-bond acceptors (Lipinski definition) is 3. The Kier molecular flexibility index (Phi) is 3.48.